The van der Waals surface area contributed by atoms with Gasteiger partial charge in [0.2, 0.25) is 0 Å². The molecule has 1 saturated carbocycles. The van der Waals surface area contributed by atoms with E-state index in [2.05, 4.69) is 0 Å². The zero-order chi connectivity index (χ0) is 11.3. The molecule has 3 atom stereocenters. The smallest absolute Gasteiger partial charge is 0.310 e. The summed E-state index contributed by atoms with van der Waals surface area (Å²) in [7, 11) is 0. The summed E-state index contributed by atoms with van der Waals surface area (Å²) in [5, 5.41) is 9.25. The normalized spacial score (nSPS) is 35.8. The zero-order valence-electron chi connectivity index (χ0n) is 9.14. The number of carbonyl (C=O) groups is 1. The minimum atomic E-state index is -0.725. The third kappa shape index (κ3) is 1.04. The van der Waals surface area contributed by atoms with Gasteiger partial charge in [0, 0.05) is 5.41 Å². The molecule has 2 aliphatic heterocycles. The van der Waals surface area contributed by atoms with Crippen LogP contribution in [0.15, 0.2) is 24.3 Å². The number of benzene rings is 1. The molecule has 2 bridgehead atoms. The van der Waals surface area contributed by atoms with E-state index >= 15 is 0 Å². The van der Waals surface area contributed by atoms with Crippen LogP contribution in [0.25, 0.3) is 0 Å². The summed E-state index contributed by atoms with van der Waals surface area (Å²) in [6, 6.07) is 8.03. The van der Waals surface area contributed by atoms with Gasteiger partial charge in [-0.15, -0.1) is 0 Å². The molecule has 3 nitrogen and oxygen atoms in total. The fourth-order valence-electron chi connectivity index (χ4n) is 3.24. The zero-order valence-corrected chi connectivity index (χ0v) is 9.14. The van der Waals surface area contributed by atoms with Crippen LogP contribution >= 0.6 is 0 Å². The fourth-order valence-corrected chi connectivity index (χ4v) is 3.24. The van der Waals surface area contributed by atoms with Crippen molar-refractivity contribution >= 4 is 5.97 Å². The van der Waals surface area contributed by atoms with E-state index in [4.69, 9.17) is 4.74 Å². The van der Waals surface area contributed by atoms with Crippen molar-refractivity contribution in [1.82, 2.24) is 0 Å². The average molecular weight is 218 g/mol. The minimum absolute atomic E-state index is 0.0721. The molecule has 84 valence electrons. The van der Waals surface area contributed by atoms with E-state index in [1.807, 2.05) is 31.2 Å². The van der Waals surface area contributed by atoms with Crippen molar-refractivity contribution in [2.45, 2.75) is 24.9 Å². The summed E-state index contributed by atoms with van der Waals surface area (Å²) in [6.07, 6.45) is 0.784. The molecule has 0 unspecified atom stereocenters. The van der Waals surface area contributed by atoms with E-state index in [0.717, 1.165) is 17.5 Å². The summed E-state index contributed by atoms with van der Waals surface area (Å²) >= 11 is 0. The Hall–Kier alpha value is -1.35. The Bertz CT molecular complexity index is 450. The molecule has 2 saturated heterocycles. The Morgan fingerprint density at radius 1 is 1.50 bits per heavy atom. The molecule has 0 aromatic heterocycles. The van der Waals surface area contributed by atoms with Crippen molar-refractivity contribution in [1.29, 1.82) is 0 Å². The Kier molecular flexibility index (Phi) is 1.89. The predicted octanol–water partition coefficient (Wildman–Crippen LogP) is 1.74. The maximum Gasteiger partial charge on any atom is 0.310 e. The third-order valence-electron chi connectivity index (χ3n) is 4.04. The van der Waals surface area contributed by atoms with E-state index in [1.165, 1.54) is 0 Å². The van der Waals surface area contributed by atoms with Gasteiger partial charge >= 0.3 is 5.97 Å². The highest BCUT2D eigenvalue weighted by Crippen LogP contribution is 2.57. The van der Waals surface area contributed by atoms with Gasteiger partial charge in [-0.3, -0.25) is 4.79 Å². The monoisotopic (exact) mass is 218 g/mol. The van der Waals surface area contributed by atoms with Crippen molar-refractivity contribution in [3.8, 4) is 0 Å². The number of hydrogen-bond donors (Lipinski definition) is 1. The topological polar surface area (TPSA) is 46.5 Å². The number of carboxylic acid groups (broad SMARTS) is 1. The summed E-state index contributed by atoms with van der Waals surface area (Å²) in [4.78, 5) is 11.3. The third-order valence-corrected chi connectivity index (χ3v) is 4.04. The summed E-state index contributed by atoms with van der Waals surface area (Å²) in [5.41, 5.74) is 2.05. The molecule has 0 spiro atoms. The van der Waals surface area contributed by atoms with Gasteiger partial charge < -0.3 is 9.84 Å². The van der Waals surface area contributed by atoms with Crippen molar-refractivity contribution < 1.29 is 14.6 Å². The fraction of sp³-hybridized carbons (Fsp3) is 0.462. The van der Waals surface area contributed by atoms with Crippen molar-refractivity contribution in [2.75, 3.05) is 6.61 Å². The number of carboxylic acids is 1. The maximum atomic E-state index is 11.3. The average Bonchev–Trinajstić information content (AvgIpc) is 2.75. The van der Waals surface area contributed by atoms with Crippen molar-refractivity contribution in [3.05, 3.63) is 35.4 Å². The molecule has 3 heteroatoms. The van der Waals surface area contributed by atoms with Gasteiger partial charge in [-0.25, -0.2) is 0 Å². The molecule has 2 heterocycles. The molecule has 0 amide bonds. The Balaban J connectivity index is 2.07. The minimum Gasteiger partial charge on any atom is -0.481 e. The molecule has 1 aromatic rings. The largest absolute Gasteiger partial charge is 0.481 e. The lowest BCUT2D eigenvalue weighted by molar-refractivity contribution is -0.150. The van der Waals surface area contributed by atoms with Gasteiger partial charge in [0.05, 0.1) is 18.6 Å². The molecular weight excluding hydrogens is 204 g/mol. The van der Waals surface area contributed by atoms with Crippen LogP contribution in [0.3, 0.4) is 0 Å². The van der Waals surface area contributed by atoms with Crippen LogP contribution < -0.4 is 0 Å². The van der Waals surface area contributed by atoms with E-state index in [1.54, 1.807) is 0 Å². The quantitative estimate of drug-likeness (QED) is 0.822. The van der Waals surface area contributed by atoms with Gasteiger partial charge in [-0.1, -0.05) is 24.3 Å². The van der Waals surface area contributed by atoms with Crippen molar-refractivity contribution in [3.63, 3.8) is 0 Å². The second kappa shape index (κ2) is 3.08. The predicted molar refractivity (Wildman–Crippen MR) is 58.3 cm³/mol. The summed E-state index contributed by atoms with van der Waals surface area (Å²) in [5.74, 6) is -1.08. The first-order valence-electron chi connectivity index (χ1n) is 5.56. The van der Waals surface area contributed by atoms with E-state index in [0.29, 0.717) is 6.61 Å². The number of ether oxygens (including phenoxy) is 1. The first-order valence-corrected chi connectivity index (χ1v) is 5.56. The van der Waals surface area contributed by atoms with Crippen LogP contribution in [-0.4, -0.2) is 23.8 Å². The number of fused-ring (bicyclic) bond motifs is 1. The Morgan fingerprint density at radius 2 is 2.25 bits per heavy atom. The molecular formula is C13H14O3. The maximum absolute atomic E-state index is 11.3. The van der Waals surface area contributed by atoms with Gasteiger partial charge in [0.25, 0.3) is 0 Å². The molecule has 3 aliphatic rings. The standard InChI is InChI=1S/C13H14O3/c1-8-4-2-3-5-9(8)13-6-10(16-7-13)11(13)12(14)15/h2-5,10-11H,6-7H2,1H3,(H,14,15)/t10-,11+,13-/m0/s1. The number of hydrogen-bond acceptors (Lipinski definition) is 2. The van der Waals surface area contributed by atoms with E-state index in [9.17, 15) is 9.90 Å². The van der Waals surface area contributed by atoms with Crippen molar-refractivity contribution in [2.24, 2.45) is 5.92 Å². The summed E-state index contributed by atoms with van der Waals surface area (Å²) in [6.45, 7) is 2.59. The first-order chi connectivity index (χ1) is 7.65. The van der Waals surface area contributed by atoms with Crippen LogP contribution in [0.4, 0.5) is 0 Å². The second-order valence-corrected chi connectivity index (χ2v) is 4.84. The Labute approximate surface area is 94.0 Å². The van der Waals surface area contributed by atoms with Crippen LogP contribution in [0.5, 0.6) is 0 Å². The first kappa shape index (κ1) is 9.85. The van der Waals surface area contributed by atoms with Crippen LogP contribution in [0, 0.1) is 12.8 Å². The van der Waals surface area contributed by atoms with E-state index in [-0.39, 0.29) is 17.4 Å². The Morgan fingerprint density at radius 3 is 2.88 bits per heavy atom. The van der Waals surface area contributed by atoms with Crippen LogP contribution in [0.2, 0.25) is 0 Å². The van der Waals surface area contributed by atoms with Gasteiger partial charge in [-0.05, 0) is 24.5 Å². The molecule has 3 fully saturated rings. The molecule has 1 aromatic carbocycles. The molecule has 4 rings (SSSR count). The lowest BCUT2D eigenvalue weighted by atomic mass is 9.57. The molecule has 16 heavy (non-hydrogen) atoms. The summed E-state index contributed by atoms with van der Waals surface area (Å²) < 4.78 is 5.53. The van der Waals surface area contributed by atoms with Gasteiger partial charge in [0.1, 0.15) is 0 Å². The van der Waals surface area contributed by atoms with E-state index < -0.39 is 5.97 Å². The molecule has 1 N–H and O–H groups in total. The molecule has 1 aliphatic carbocycles. The highest BCUT2D eigenvalue weighted by atomic mass is 16.5. The van der Waals surface area contributed by atoms with Gasteiger partial charge in [0.15, 0.2) is 0 Å². The number of rotatable bonds is 2. The SMILES string of the molecule is Cc1ccccc1[C@@]12CO[C@@H](C1)[C@@H]2C(=O)O. The van der Waals surface area contributed by atoms with Crippen LogP contribution in [-0.2, 0) is 14.9 Å². The number of aliphatic carboxylic acids is 1. The lowest BCUT2D eigenvalue weighted by Crippen LogP contribution is -2.52. The second-order valence-electron chi connectivity index (χ2n) is 4.84. The van der Waals surface area contributed by atoms with Gasteiger partial charge in [-0.2, -0.15) is 0 Å². The van der Waals surface area contributed by atoms with Crippen LogP contribution in [0.1, 0.15) is 17.5 Å². The highest BCUT2D eigenvalue weighted by Gasteiger charge is 2.65. The number of aryl methyl sites for hydroxylation is 1. The highest BCUT2D eigenvalue weighted by molar-refractivity contribution is 5.76. The molecule has 0 radical (unpaired) electrons. The lowest BCUT2D eigenvalue weighted by Gasteiger charge is -2.43.